The predicted molar refractivity (Wildman–Crippen MR) is 122 cm³/mol. The highest BCUT2D eigenvalue weighted by atomic mass is 32.2. The van der Waals surface area contributed by atoms with E-state index in [1.54, 1.807) is 21.3 Å². The molecule has 0 spiro atoms. The fourth-order valence-electron chi connectivity index (χ4n) is 3.01. The molecule has 1 heterocycles. The molecule has 0 saturated carbocycles. The first-order valence-corrected chi connectivity index (χ1v) is 11.8. The Morgan fingerprint density at radius 1 is 1.06 bits per heavy atom. The minimum Gasteiger partial charge on any atom is -0.493 e. The van der Waals surface area contributed by atoms with Gasteiger partial charge < -0.3 is 18.8 Å². The van der Waals surface area contributed by atoms with E-state index in [4.69, 9.17) is 14.2 Å². The van der Waals surface area contributed by atoms with Crippen molar-refractivity contribution < 1.29 is 27.4 Å². The zero-order valence-electron chi connectivity index (χ0n) is 18.5. The number of thiazole rings is 1. The Balaban J connectivity index is 2.07. The molecule has 0 bridgehead atoms. The number of hydrogen-bond donors (Lipinski definition) is 0. The second-order valence-corrected chi connectivity index (χ2v) is 10.1. The molecule has 0 radical (unpaired) electrons. The summed E-state index contributed by atoms with van der Waals surface area (Å²) >= 11 is 1.34. The summed E-state index contributed by atoms with van der Waals surface area (Å²) in [6.45, 7) is 0.913. The smallest absolute Gasteiger partial charge is 0.279 e. The van der Waals surface area contributed by atoms with E-state index in [1.807, 2.05) is 16.7 Å². The van der Waals surface area contributed by atoms with Gasteiger partial charge >= 0.3 is 0 Å². The molecule has 0 unspecified atom stereocenters. The quantitative estimate of drug-likeness (QED) is 0.492. The largest absolute Gasteiger partial charge is 0.493 e. The molecular formula is C21H25N3O6S2. The number of carbonyl (C=O) groups is 1. The van der Waals surface area contributed by atoms with Crippen LogP contribution in [0.2, 0.25) is 0 Å². The fraction of sp³-hybridized carbons (Fsp3) is 0.333. The number of rotatable bonds is 8. The van der Waals surface area contributed by atoms with Gasteiger partial charge in [-0.2, -0.15) is 4.99 Å². The topological polar surface area (TPSA) is 99.4 Å². The number of methoxy groups -OCH3 is 3. The van der Waals surface area contributed by atoms with Crippen LogP contribution in [0.3, 0.4) is 0 Å². The molecule has 172 valence electrons. The highest BCUT2D eigenvalue weighted by Gasteiger charge is 2.18. The van der Waals surface area contributed by atoms with Gasteiger partial charge in [-0.15, -0.1) is 0 Å². The number of hydrogen-bond acceptors (Lipinski definition) is 7. The molecule has 9 nitrogen and oxygen atoms in total. The number of sulfonamides is 1. The molecule has 0 aliphatic rings. The van der Waals surface area contributed by atoms with Crippen molar-refractivity contribution >= 4 is 37.5 Å². The minimum atomic E-state index is -3.57. The summed E-state index contributed by atoms with van der Waals surface area (Å²) in [6.07, 6.45) is 0. The SMILES string of the molecule is COCCn1c(=NC(=O)c2ccc(S(=O)(=O)N(C)C)cc2)sc2cc(OC)c(OC)cc21. The maximum Gasteiger partial charge on any atom is 0.279 e. The Kier molecular flexibility index (Phi) is 7.34. The highest BCUT2D eigenvalue weighted by Crippen LogP contribution is 2.33. The zero-order valence-corrected chi connectivity index (χ0v) is 20.1. The number of fused-ring (bicyclic) bond motifs is 1. The molecule has 0 saturated heterocycles. The van der Waals surface area contributed by atoms with Gasteiger partial charge in [0.05, 0.1) is 35.9 Å². The van der Waals surface area contributed by atoms with Crippen LogP contribution in [0.1, 0.15) is 10.4 Å². The molecule has 3 aromatic rings. The molecule has 0 N–H and O–H groups in total. The van der Waals surface area contributed by atoms with Crippen LogP contribution < -0.4 is 14.3 Å². The minimum absolute atomic E-state index is 0.107. The Hall–Kier alpha value is -2.73. The lowest BCUT2D eigenvalue weighted by Gasteiger charge is -2.11. The Morgan fingerprint density at radius 3 is 2.25 bits per heavy atom. The molecule has 1 amide bonds. The number of amides is 1. The Morgan fingerprint density at radius 2 is 1.69 bits per heavy atom. The van der Waals surface area contributed by atoms with Crippen molar-refractivity contribution in [2.75, 3.05) is 42.0 Å². The molecule has 3 rings (SSSR count). The van der Waals surface area contributed by atoms with Crippen molar-refractivity contribution in [3.63, 3.8) is 0 Å². The van der Waals surface area contributed by atoms with Gasteiger partial charge in [0.25, 0.3) is 5.91 Å². The van der Waals surface area contributed by atoms with Crippen LogP contribution in [0.5, 0.6) is 11.5 Å². The number of aromatic nitrogens is 1. The van der Waals surface area contributed by atoms with E-state index in [-0.39, 0.29) is 10.5 Å². The van der Waals surface area contributed by atoms with Gasteiger partial charge in [0.1, 0.15) is 0 Å². The van der Waals surface area contributed by atoms with Gasteiger partial charge in [-0.3, -0.25) is 4.79 Å². The maximum atomic E-state index is 12.8. The number of ether oxygens (including phenoxy) is 3. The van der Waals surface area contributed by atoms with Crippen LogP contribution in [0.25, 0.3) is 10.2 Å². The average Bonchev–Trinajstić information content (AvgIpc) is 3.12. The molecular weight excluding hydrogens is 454 g/mol. The van der Waals surface area contributed by atoms with Crippen LogP contribution in [0.15, 0.2) is 46.3 Å². The van der Waals surface area contributed by atoms with E-state index in [0.29, 0.717) is 29.5 Å². The van der Waals surface area contributed by atoms with Gasteiger partial charge in [0, 0.05) is 45.4 Å². The average molecular weight is 480 g/mol. The molecule has 1 aromatic heterocycles. The normalized spacial score (nSPS) is 12.5. The summed E-state index contributed by atoms with van der Waals surface area (Å²) in [6, 6.07) is 9.40. The summed E-state index contributed by atoms with van der Waals surface area (Å²) in [5.41, 5.74) is 1.12. The standard InChI is InChI=1S/C21H25N3O6S2/c1-23(2)32(26,27)15-8-6-14(7-9-15)20(25)22-21-24(10-11-28-3)16-12-17(29-4)18(30-5)13-19(16)31-21/h6-9,12-13H,10-11H2,1-5H3. The summed E-state index contributed by atoms with van der Waals surface area (Å²) in [5.74, 6) is 0.672. The van der Waals surface area contributed by atoms with Crippen LogP contribution in [-0.2, 0) is 21.3 Å². The Bertz CT molecular complexity index is 1290. The fourth-order valence-corrected chi connectivity index (χ4v) is 4.98. The van der Waals surface area contributed by atoms with Gasteiger partial charge in [0.2, 0.25) is 10.0 Å². The van der Waals surface area contributed by atoms with Crippen LogP contribution >= 0.6 is 11.3 Å². The second kappa shape index (κ2) is 9.82. The summed E-state index contributed by atoms with van der Waals surface area (Å²) in [7, 11) is 4.05. The van der Waals surface area contributed by atoms with E-state index in [0.717, 1.165) is 14.5 Å². The van der Waals surface area contributed by atoms with Crippen molar-refractivity contribution in [3.05, 3.63) is 46.8 Å². The maximum absolute atomic E-state index is 12.8. The van der Waals surface area contributed by atoms with Gasteiger partial charge in [-0.1, -0.05) is 11.3 Å². The predicted octanol–water partition coefficient (Wildman–Crippen LogP) is 2.36. The van der Waals surface area contributed by atoms with Crippen LogP contribution in [0, 0.1) is 0 Å². The molecule has 32 heavy (non-hydrogen) atoms. The van der Waals surface area contributed by atoms with Gasteiger partial charge in [-0.25, -0.2) is 12.7 Å². The van der Waals surface area contributed by atoms with Crippen LogP contribution in [-0.4, -0.2) is 65.2 Å². The first-order valence-electron chi connectivity index (χ1n) is 9.59. The number of carbonyl (C=O) groups excluding carboxylic acids is 1. The molecule has 11 heteroatoms. The monoisotopic (exact) mass is 479 g/mol. The molecule has 0 fully saturated rings. The van der Waals surface area contributed by atoms with Gasteiger partial charge in [0.15, 0.2) is 16.3 Å². The second-order valence-electron chi connectivity index (χ2n) is 6.93. The van der Waals surface area contributed by atoms with Crippen molar-refractivity contribution in [2.45, 2.75) is 11.4 Å². The van der Waals surface area contributed by atoms with Crippen LogP contribution in [0.4, 0.5) is 0 Å². The highest BCUT2D eigenvalue weighted by molar-refractivity contribution is 7.89. The van der Waals surface area contributed by atoms with E-state index in [1.165, 1.54) is 49.7 Å². The molecule has 0 atom stereocenters. The summed E-state index contributed by atoms with van der Waals surface area (Å²) in [5, 5.41) is 0. The van der Waals surface area contributed by atoms with E-state index >= 15 is 0 Å². The van der Waals surface area contributed by atoms with Crippen molar-refractivity contribution in [2.24, 2.45) is 4.99 Å². The van der Waals surface area contributed by atoms with E-state index in [9.17, 15) is 13.2 Å². The van der Waals surface area contributed by atoms with Crippen molar-refractivity contribution in [3.8, 4) is 11.5 Å². The third kappa shape index (κ3) is 4.70. The summed E-state index contributed by atoms with van der Waals surface area (Å²) < 4.78 is 44.3. The van der Waals surface area contributed by atoms with Crippen molar-refractivity contribution in [1.82, 2.24) is 8.87 Å². The first kappa shape index (κ1) is 23.9. The third-order valence-corrected chi connectivity index (χ3v) is 7.65. The zero-order chi connectivity index (χ0) is 23.5. The third-order valence-electron chi connectivity index (χ3n) is 4.78. The molecule has 0 aliphatic heterocycles. The number of nitrogens with zero attached hydrogens (tertiary/aromatic N) is 3. The molecule has 0 aliphatic carbocycles. The first-order chi connectivity index (χ1) is 15.2. The molecule has 2 aromatic carbocycles. The lowest BCUT2D eigenvalue weighted by Crippen LogP contribution is -2.22. The van der Waals surface area contributed by atoms with E-state index < -0.39 is 15.9 Å². The lowest BCUT2D eigenvalue weighted by atomic mass is 10.2. The van der Waals surface area contributed by atoms with E-state index in [2.05, 4.69) is 4.99 Å². The van der Waals surface area contributed by atoms with Crippen molar-refractivity contribution in [1.29, 1.82) is 0 Å². The summed E-state index contributed by atoms with van der Waals surface area (Å²) in [4.78, 5) is 17.7. The van der Waals surface area contributed by atoms with Gasteiger partial charge in [-0.05, 0) is 24.3 Å². The Labute approximate surface area is 190 Å². The lowest BCUT2D eigenvalue weighted by molar-refractivity contribution is 0.0997. The number of benzene rings is 2.